The van der Waals surface area contributed by atoms with Gasteiger partial charge in [0.1, 0.15) is 6.04 Å². The normalized spacial score (nSPS) is 12.1. The van der Waals surface area contributed by atoms with Crippen molar-refractivity contribution in [3.63, 3.8) is 0 Å². The van der Waals surface area contributed by atoms with Gasteiger partial charge in [0.2, 0.25) is 0 Å². The molecule has 0 aromatic rings. The van der Waals surface area contributed by atoms with E-state index in [0.29, 0.717) is 6.42 Å². The zero-order chi connectivity index (χ0) is 9.56. The highest BCUT2D eigenvalue weighted by Gasteiger charge is 2.09. The van der Waals surface area contributed by atoms with Crippen molar-refractivity contribution in [2.75, 3.05) is 6.54 Å². The Balaban J connectivity index is 3.31. The van der Waals surface area contributed by atoms with Gasteiger partial charge in [-0.2, -0.15) is 0 Å². The molecule has 0 radical (unpaired) electrons. The van der Waals surface area contributed by atoms with Crippen molar-refractivity contribution in [1.29, 1.82) is 0 Å². The number of nitrogens with two attached hydrogens (primary N) is 1. The predicted molar refractivity (Wildman–Crippen MR) is 40.9 cm³/mol. The third-order valence-electron chi connectivity index (χ3n) is 1.29. The molecule has 1 amide bonds. The Morgan fingerprint density at radius 2 is 2.00 bits per heavy atom. The fourth-order valence-electron chi connectivity index (χ4n) is 0.641. The zero-order valence-electron chi connectivity index (χ0n) is 6.49. The first-order chi connectivity index (χ1) is 5.54. The quantitative estimate of drug-likeness (QED) is 0.419. The van der Waals surface area contributed by atoms with Gasteiger partial charge < -0.3 is 21.3 Å². The average molecular weight is 176 g/mol. The molecular weight excluding hydrogens is 164 g/mol. The molecule has 1 atom stereocenters. The lowest BCUT2D eigenvalue weighted by Gasteiger charge is -2.04. The number of aliphatic carboxylic acids is 1. The summed E-state index contributed by atoms with van der Waals surface area (Å²) < 4.78 is 0. The minimum Gasteiger partial charge on any atom is -0.480 e. The molecular formula is C6H12N2O4. The minimum atomic E-state index is -1.11. The van der Waals surface area contributed by atoms with Crippen molar-refractivity contribution in [1.82, 2.24) is 5.32 Å². The lowest BCUT2D eigenvalue weighted by Crippen LogP contribution is -2.31. The molecule has 0 spiro atoms. The van der Waals surface area contributed by atoms with Crippen LogP contribution in [0.4, 0.5) is 4.79 Å². The lowest BCUT2D eigenvalue weighted by molar-refractivity contribution is -0.138. The summed E-state index contributed by atoms with van der Waals surface area (Å²) >= 11 is 0. The molecule has 0 aromatic heterocycles. The van der Waals surface area contributed by atoms with E-state index in [4.69, 9.17) is 15.9 Å². The fraction of sp³-hybridized carbons (Fsp3) is 0.667. The van der Waals surface area contributed by atoms with Crippen molar-refractivity contribution in [2.24, 2.45) is 5.73 Å². The van der Waals surface area contributed by atoms with Gasteiger partial charge in [0.05, 0.1) is 0 Å². The molecule has 0 bridgehead atoms. The van der Waals surface area contributed by atoms with E-state index in [1.807, 2.05) is 0 Å². The van der Waals surface area contributed by atoms with Crippen LogP contribution < -0.4 is 11.1 Å². The third kappa shape index (κ3) is 5.48. The molecule has 0 aliphatic rings. The molecule has 0 heterocycles. The number of hydrogen-bond acceptors (Lipinski definition) is 3. The molecule has 6 heteroatoms. The van der Waals surface area contributed by atoms with E-state index in [9.17, 15) is 9.59 Å². The van der Waals surface area contributed by atoms with E-state index in [1.165, 1.54) is 0 Å². The van der Waals surface area contributed by atoms with Crippen LogP contribution in [0.25, 0.3) is 0 Å². The average Bonchev–Trinajstić information content (AvgIpc) is 1.97. The third-order valence-corrected chi connectivity index (χ3v) is 1.29. The topological polar surface area (TPSA) is 113 Å². The van der Waals surface area contributed by atoms with Crippen LogP contribution >= 0.6 is 0 Å². The number of hydrogen-bond donors (Lipinski definition) is 4. The standard InChI is InChI=1S/C6H12N2O4/c7-4(5(9)10)2-1-3-8-6(11)12/h4,8H,1-3,7H2,(H,9,10)(H,11,12)/t4-/m1/s1. The molecule has 0 aliphatic heterocycles. The molecule has 5 N–H and O–H groups in total. The summed E-state index contributed by atoms with van der Waals surface area (Å²) in [6.07, 6.45) is -0.408. The van der Waals surface area contributed by atoms with Crippen LogP contribution in [0.3, 0.4) is 0 Å². The summed E-state index contributed by atoms with van der Waals surface area (Å²) in [5, 5.41) is 18.6. The summed E-state index contributed by atoms with van der Waals surface area (Å²) in [5.41, 5.74) is 5.16. The van der Waals surface area contributed by atoms with Crippen LogP contribution in [0, 0.1) is 0 Å². The molecule has 0 aliphatic carbocycles. The van der Waals surface area contributed by atoms with Gasteiger partial charge in [0, 0.05) is 6.54 Å². The molecule has 12 heavy (non-hydrogen) atoms. The van der Waals surface area contributed by atoms with Crippen LogP contribution in [0.1, 0.15) is 12.8 Å². The van der Waals surface area contributed by atoms with Gasteiger partial charge in [0.15, 0.2) is 0 Å². The molecule has 0 rings (SSSR count). The number of carboxylic acids is 1. The van der Waals surface area contributed by atoms with Crippen molar-refractivity contribution < 1.29 is 19.8 Å². The predicted octanol–water partition coefficient (Wildman–Crippen LogP) is -0.554. The monoisotopic (exact) mass is 176 g/mol. The van der Waals surface area contributed by atoms with Gasteiger partial charge in [-0.1, -0.05) is 0 Å². The Hall–Kier alpha value is -1.30. The first kappa shape index (κ1) is 10.7. The van der Waals surface area contributed by atoms with E-state index in [0.717, 1.165) is 0 Å². The van der Waals surface area contributed by atoms with E-state index in [1.54, 1.807) is 0 Å². The number of nitrogens with one attached hydrogen (secondary N) is 1. The summed E-state index contributed by atoms with van der Waals surface area (Å²) in [4.78, 5) is 20.1. The van der Waals surface area contributed by atoms with E-state index < -0.39 is 18.1 Å². The summed E-state index contributed by atoms with van der Waals surface area (Å²) in [6, 6.07) is -0.902. The Kier molecular flexibility index (Phi) is 4.78. The highest BCUT2D eigenvalue weighted by Crippen LogP contribution is 1.92. The molecule has 70 valence electrons. The van der Waals surface area contributed by atoms with Crippen LogP contribution in [-0.2, 0) is 4.79 Å². The maximum atomic E-state index is 10.2. The van der Waals surface area contributed by atoms with Crippen LogP contribution in [0.5, 0.6) is 0 Å². The molecule has 0 aromatic carbocycles. The van der Waals surface area contributed by atoms with Gasteiger partial charge in [-0.3, -0.25) is 4.79 Å². The van der Waals surface area contributed by atoms with E-state index in [2.05, 4.69) is 5.32 Å². The van der Waals surface area contributed by atoms with E-state index >= 15 is 0 Å². The molecule has 0 fully saturated rings. The molecule has 0 saturated heterocycles. The number of carboxylic acid groups (broad SMARTS) is 2. The van der Waals surface area contributed by atoms with Crippen LogP contribution in [0.2, 0.25) is 0 Å². The zero-order valence-corrected chi connectivity index (χ0v) is 6.49. The fourth-order valence-corrected chi connectivity index (χ4v) is 0.641. The van der Waals surface area contributed by atoms with Gasteiger partial charge in [-0.25, -0.2) is 4.79 Å². The number of rotatable bonds is 5. The largest absolute Gasteiger partial charge is 0.480 e. The SMILES string of the molecule is N[C@H](CCCNC(=O)O)C(=O)O. The highest BCUT2D eigenvalue weighted by molar-refractivity contribution is 5.72. The van der Waals surface area contributed by atoms with Gasteiger partial charge in [-0.15, -0.1) is 0 Å². The second-order valence-corrected chi connectivity index (χ2v) is 2.32. The second kappa shape index (κ2) is 5.36. The van der Waals surface area contributed by atoms with Crippen LogP contribution in [0.15, 0.2) is 0 Å². The number of amides is 1. The molecule has 6 nitrogen and oxygen atoms in total. The van der Waals surface area contributed by atoms with Gasteiger partial charge in [-0.05, 0) is 12.8 Å². The van der Waals surface area contributed by atoms with Crippen molar-refractivity contribution in [3.05, 3.63) is 0 Å². The maximum absolute atomic E-state index is 10.2. The Labute approximate surface area is 69.4 Å². The smallest absolute Gasteiger partial charge is 0.404 e. The molecule has 0 saturated carbocycles. The van der Waals surface area contributed by atoms with Crippen LogP contribution in [-0.4, -0.2) is 34.9 Å². The summed E-state index contributed by atoms with van der Waals surface area (Å²) in [6.45, 7) is 0.232. The van der Waals surface area contributed by atoms with Crippen molar-refractivity contribution in [2.45, 2.75) is 18.9 Å². The summed E-state index contributed by atoms with van der Waals surface area (Å²) in [5.74, 6) is -1.06. The maximum Gasteiger partial charge on any atom is 0.404 e. The lowest BCUT2D eigenvalue weighted by atomic mass is 10.2. The Morgan fingerprint density at radius 3 is 2.42 bits per heavy atom. The van der Waals surface area contributed by atoms with E-state index in [-0.39, 0.29) is 13.0 Å². The molecule has 0 unspecified atom stereocenters. The number of carbonyl (C=O) groups is 2. The minimum absolute atomic E-state index is 0.232. The first-order valence-corrected chi connectivity index (χ1v) is 3.49. The van der Waals surface area contributed by atoms with Crippen molar-refractivity contribution in [3.8, 4) is 0 Å². The Morgan fingerprint density at radius 1 is 1.42 bits per heavy atom. The van der Waals surface area contributed by atoms with Gasteiger partial charge in [0.25, 0.3) is 0 Å². The highest BCUT2D eigenvalue weighted by atomic mass is 16.4. The van der Waals surface area contributed by atoms with Crippen molar-refractivity contribution >= 4 is 12.1 Å². The summed E-state index contributed by atoms with van der Waals surface area (Å²) in [7, 11) is 0. The Bertz CT molecular complexity index is 171. The first-order valence-electron chi connectivity index (χ1n) is 3.49. The second-order valence-electron chi connectivity index (χ2n) is 2.32. The van der Waals surface area contributed by atoms with Gasteiger partial charge >= 0.3 is 12.1 Å².